The molecule has 3 atom stereocenters. The smallest absolute Gasteiger partial charge is 0.246 e. The van der Waals surface area contributed by atoms with Crippen LogP contribution in [0.15, 0.2) is 18.2 Å². The number of hydrogen-bond donors (Lipinski definition) is 2. The van der Waals surface area contributed by atoms with Gasteiger partial charge in [-0.2, -0.15) is 0 Å². The minimum atomic E-state index is -0.642. The van der Waals surface area contributed by atoms with Crippen molar-refractivity contribution in [2.24, 2.45) is 5.92 Å². The molecule has 2 heterocycles. The average molecular weight is 432 g/mol. The highest BCUT2D eigenvalue weighted by Crippen LogP contribution is 2.30. The first-order valence-corrected chi connectivity index (χ1v) is 10.8. The molecular weight excluding hydrogens is 403 g/mol. The third-order valence-corrected chi connectivity index (χ3v) is 6.20. The lowest BCUT2D eigenvalue weighted by Gasteiger charge is -2.25. The summed E-state index contributed by atoms with van der Waals surface area (Å²) in [6, 6.07) is 3.93. The molecule has 3 fully saturated rings. The van der Waals surface area contributed by atoms with Crippen molar-refractivity contribution in [3.8, 4) is 5.75 Å². The number of rotatable bonds is 6. The maximum Gasteiger partial charge on any atom is 0.246 e. The van der Waals surface area contributed by atoms with Gasteiger partial charge in [0.15, 0.2) is 11.6 Å². The van der Waals surface area contributed by atoms with Gasteiger partial charge in [-0.3, -0.25) is 19.3 Å². The van der Waals surface area contributed by atoms with E-state index in [-0.39, 0.29) is 41.5 Å². The van der Waals surface area contributed by atoms with Crippen LogP contribution in [-0.2, 0) is 20.9 Å². The number of ether oxygens (including phenoxy) is 1. The molecule has 3 amide bonds. The number of fused-ring (bicyclic) bond motifs is 1. The fraction of sp³-hybridized carbons (Fsp3) is 0.591. The lowest BCUT2D eigenvalue weighted by atomic mass is 10.1. The van der Waals surface area contributed by atoms with Crippen molar-refractivity contribution in [2.75, 3.05) is 26.7 Å². The van der Waals surface area contributed by atoms with Crippen LogP contribution in [0.2, 0.25) is 0 Å². The molecule has 1 aliphatic carbocycles. The Hall–Kier alpha value is -2.68. The Balaban J connectivity index is 1.54. The van der Waals surface area contributed by atoms with E-state index in [2.05, 4.69) is 15.5 Å². The molecule has 0 spiro atoms. The molecule has 0 bridgehead atoms. The number of hydrogen-bond acceptors (Lipinski definition) is 5. The van der Waals surface area contributed by atoms with Gasteiger partial charge in [-0.25, -0.2) is 4.39 Å². The summed E-state index contributed by atoms with van der Waals surface area (Å²) in [5.41, 5.74) is 0.864. The van der Waals surface area contributed by atoms with E-state index in [0.29, 0.717) is 32.6 Å². The highest BCUT2D eigenvalue weighted by molar-refractivity contribution is 5.90. The van der Waals surface area contributed by atoms with Gasteiger partial charge in [0.05, 0.1) is 7.11 Å². The van der Waals surface area contributed by atoms with Crippen LogP contribution in [0, 0.1) is 11.7 Å². The molecule has 0 aromatic heterocycles. The summed E-state index contributed by atoms with van der Waals surface area (Å²) in [6.07, 6.45) is 2.39. The van der Waals surface area contributed by atoms with Crippen LogP contribution < -0.4 is 15.4 Å². The van der Waals surface area contributed by atoms with E-state index in [1.165, 1.54) is 20.1 Å². The largest absolute Gasteiger partial charge is 0.494 e. The summed E-state index contributed by atoms with van der Waals surface area (Å²) in [7, 11) is 1.43. The molecular formula is C22H29FN4O4. The summed E-state index contributed by atoms with van der Waals surface area (Å²) < 4.78 is 18.9. The molecule has 8 nitrogen and oxygen atoms in total. The van der Waals surface area contributed by atoms with Crippen molar-refractivity contribution in [3.05, 3.63) is 29.6 Å². The van der Waals surface area contributed by atoms with Crippen LogP contribution >= 0.6 is 0 Å². The third kappa shape index (κ3) is 4.98. The minimum Gasteiger partial charge on any atom is -0.494 e. The number of methoxy groups -OCH3 is 1. The van der Waals surface area contributed by atoms with Crippen molar-refractivity contribution in [1.29, 1.82) is 0 Å². The molecule has 4 rings (SSSR count). The zero-order valence-electron chi connectivity index (χ0n) is 17.9. The quantitative estimate of drug-likeness (QED) is 0.689. The first kappa shape index (κ1) is 21.5. The van der Waals surface area contributed by atoms with Gasteiger partial charge in [0, 0.05) is 51.1 Å². The van der Waals surface area contributed by atoms with E-state index in [9.17, 15) is 18.8 Å². The molecule has 168 valence electrons. The molecule has 0 unspecified atom stereocenters. The first-order chi connectivity index (χ1) is 14.8. The Labute approximate surface area is 181 Å². The van der Waals surface area contributed by atoms with Gasteiger partial charge in [-0.05, 0) is 37.0 Å². The lowest BCUT2D eigenvalue weighted by Crippen LogP contribution is -2.52. The Morgan fingerprint density at radius 3 is 2.65 bits per heavy atom. The van der Waals surface area contributed by atoms with E-state index < -0.39 is 11.9 Å². The van der Waals surface area contributed by atoms with Gasteiger partial charge in [0.25, 0.3) is 0 Å². The molecule has 2 N–H and O–H groups in total. The lowest BCUT2D eigenvalue weighted by molar-refractivity contribution is -0.136. The normalized spacial score (nSPS) is 26.2. The molecule has 1 saturated carbocycles. The second-order valence-corrected chi connectivity index (χ2v) is 8.78. The Morgan fingerprint density at radius 2 is 1.97 bits per heavy atom. The zero-order chi connectivity index (χ0) is 22.1. The van der Waals surface area contributed by atoms with Crippen LogP contribution in [0.5, 0.6) is 5.75 Å². The van der Waals surface area contributed by atoms with Crippen LogP contribution in [0.3, 0.4) is 0 Å². The first-order valence-electron chi connectivity index (χ1n) is 10.8. The van der Waals surface area contributed by atoms with Gasteiger partial charge >= 0.3 is 0 Å². The highest BCUT2D eigenvalue weighted by atomic mass is 19.1. The summed E-state index contributed by atoms with van der Waals surface area (Å²) in [5.74, 6) is -0.539. The number of amides is 3. The predicted octanol–water partition coefficient (Wildman–Crippen LogP) is 0.650. The summed E-state index contributed by atoms with van der Waals surface area (Å²) in [5, 5.41) is 5.85. The molecule has 0 radical (unpaired) electrons. The molecule has 31 heavy (non-hydrogen) atoms. The number of benzene rings is 1. The van der Waals surface area contributed by atoms with Gasteiger partial charge < -0.3 is 20.3 Å². The fourth-order valence-electron chi connectivity index (χ4n) is 4.59. The van der Waals surface area contributed by atoms with E-state index in [1.54, 1.807) is 17.0 Å². The van der Waals surface area contributed by atoms with Crippen LogP contribution in [-0.4, -0.2) is 72.4 Å². The van der Waals surface area contributed by atoms with Crippen LogP contribution in [0.4, 0.5) is 4.39 Å². The Bertz CT molecular complexity index is 875. The van der Waals surface area contributed by atoms with E-state index >= 15 is 0 Å². The van der Waals surface area contributed by atoms with E-state index in [1.807, 2.05) is 0 Å². The van der Waals surface area contributed by atoms with Gasteiger partial charge in [0.1, 0.15) is 6.04 Å². The number of carbonyl (C=O) groups is 3. The standard InChI is InChI=1S/C22H29FN4O4/c1-13(28)24-16-8-17-11-26(9-14-3-6-18(23)20(7-14)31-2)12-19(22(30)27(17)10-16)25-21(29)15-4-5-15/h3,6-7,15-17,19H,4-5,8-12H2,1-2H3,(H,24,28)(H,25,29)/t16-,17-,19-/m0/s1. The molecule has 2 aliphatic heterocycles. The fourth-order valence-corrected chi connectivity index (χ4v) is 4.59. The Morgan fingerprint density at radius 1 is 1.19 bits per heavy atom. The summed E-state index contributed by atoms with van der Waals surface area (Å²) >= 11 is 0. The van der Waals surface area contributed by atoms with Crippen LogP contribution in [0.25, 0.3) is 0 Å². The van der Waals surface area contributed by atoms with Gasteiger partial charge in [-0.15, -0.1) is 0 Å². The number of nitrogens with zero attached hydrogens (tertiary/aromatic N) is 2. The second-order valence-electron chi connectivity index (χ2n) is 8.78. The van der Waals surface area contributed by atoms with Crippen molar-refractivity contribution in [1.82, 2.24) is 20.4 Å². The topological polar surface area (TPSA) is 91.0 Å². The zero-order valence-corrected chi connectivity index (χ0v) is 17.9. The second kappa shape index (κ2) is 8.82. The minimum absolute atomic E-state index is 0.00682. The molecule has 1 aromatic rings. The van der Waals surface area contributed by atoms with Crippen molar-refractivity contribution in [3.63, 3.8) is 0 Å². The average Bonchev–Trinajstić information content (AvgIpc) is 3.51. The number of halogens is 1. The summed E-state index contributed by atoms with van der Waals surface area (Å²) in [6.45, 7) is 3.40. The van der Waals surface area contributed by atoms with Gasteiger partial charge in [0.2, 0.25) is 17.7 Å². The molecule has 3 aliphatic rings. The number of nitrogens with one attached hydrogen (secondary N) is 2. The third-order valence-electron chi connectivity index (χ3n) is 6.20. The number of carbonyl (C=O) groups excluding carboxylic acids is 3. The maximum absolute atomic E-state index is 13.8. The van der Waals surface area contributed by atoms with Crippen LogP contribution in [0.1, 0.15) is 31.7 Å². The van der Waals surface area contributed by atoms with Crippen molar-refractivity contribution in [2.45, 2.75) is 50.9 Å². The highest BCUT2D eigenvalue weighted by Gasteiger charge is 2.43. The Kier molecular flexibility index (Phi) is 6.13. The van der Waals surface area contributed by atoms with Gasteiger partial charge in [-0.1, -0.05) is 6.07 Å². The maximum atomic E-state index is 13.8. The monoisotopic (exact) mass is 432 g/mol. The SMILES string of the molecule is COc1cc(CN2C[C@@H]3C[C@H](NC(C)=O)CN3C(=O)[C@@H](NC(=O)C3CC3)C2)ccc1F. The molecule has 9 heteroatoms. The van der Waals surface area contributed by atoms with Crippen molar-refractivity contribution >= 4 is 17.7 Å². The predicted molar refractivity (Wildman–Crippen MR) is 111 cm³/mol. The van der Waals surface area contributed by atoms with E-state index in [4.69, 9.17) is 4.74 Å². The van der Waals surface area contributed by atoms with E-state index in [0.717, 1.165) is 18.4 Å². The van der Waals surface area contributed by atoms with Crippen molar-refractivity contribution < 1.29 is 23.5 Å². The molecule has 1 aromatic carbocycles. The summed E-state index contributed by atoms with van der Waals surface area (Å²) in [4.78, 5) is 41.1. The molecule has 2 saturated heterocycles.